The van der Waals surface area contributed by atoms with E-state index >= 15 is 0 Å². The summed E-state index contributed by atoms with van der Waals surface area (Å²) in [4.78, 5) is 2.22. The maximum absolute atomic E-state index is 12.8. The summed E-state index contributed by atoms with van der Waals surface area (Å²) in [6.07, 6.45) is -1.17. The SMILES string of the molecule is CCCN(c1ccc(C(F)(F)F)cc1Br)C1CCCNC1. The summed E-state index contributed by atoms with van der Waals surface area (Å²) < 4.78 is 38.8. The second kappa shape index (κ2) is 7.01. The minimum atomic E-state index is -4.30. The summed E-state index contributed by atoms with van der Waals surface area (Å²) >= 11 is 3.31. The number of hydrogen-bond donors (Lipinski definition) is 1. The number of piperidine rings is 1. The average Bonchev–Trinajstić information content (AvgIpc) is 2.45. The predicted molar refractivity (Wildman–Crippen MR) is 82.7 cm³/mol. The van der Waals surface area contributed by atoms with Gasteiger partial charge in [-0.25, -0.2) is 0 Å². The van der Waals surface area contributed by atoms with Crippen molar-refractivity contribution >= 4 is 21.6 Å². The minimum Gasteiger partial charge on any atom is -0.366 e. The quantitative estimate of drug-likeness (QED) is 0.849. The molecule has 2 rings (SSSR count). The fourth-order valence-electron chi connectivity index (χ4n) is 2.76. The topological polar surface area (TPSA) is 15.3 Å². The first-order chi connectivity index (χ1) is 9.93. The zero-order valence-corrected chi connectivity index (χ0v) is 13.6. The van der Waals surface area contributed by atoms with E-state index in [9.17, 15) is 13.2 Å². The van der Waals surface area contributed by atoms with Gasteiger partial charge in [0, 0.05) is 23.6 Å². The smallest absolute Gasteiger partial charge is 0.366 e. The maximum Gasteiger partial charge on any atom is 0.416 e. The van der Waals surface area contributed by atoms with Crippen molar-refractivity contribution in [3.63, 3.8) is 0 Å². The zero-order chi connectivity index (χ0) is 15.5. The van der Waals surface area contributed by atoms with Gasteiger partial charge in [0.15, 0.2) is 0 Å². The Morgan fingerprint density at radius 2 is 2.14 bits per heavy atom. The summed E-state index contributed by atoms with van der Waals surface area (Å²) in [5.41, 5.74) is 0.231. The van der Waals surface area contributed by atoms with Crippen molar-refractivity contribution in [1.29, 1.82) is 0 Å². The van der Waals surface area contributed by atoms with Crippen molar-refractivity contribution in [2.75, 3.05) is 24.5 Å². The van der Waals surface area contributed by atoms with Crippen molar-refractivity contribution < 1.29 is 13.2 Å². The van der Waals surface area contributed by atoms with Crippen LogP contribution in [0.4, 0.5) is 18.9 Å². The molecule has 1 aromatic rings. The van der Waals surface area contributed by atoms with Gasteiger partial charge in [-0.15, -0.1) is 0 Å². The monoisotopic (exact) mass is 364 g/mol. The first-order valence-corrected chi connectivity index (χ1v) is 8.07. The van der Waals surface area contributed by atoms with Crippen molar-refractivity contribution in [2.45, 2.75) is 38.4 Å². The van der Waals surface area contributed by atoms with Crippen LogP contribution in [-0.2, 0) is 6.18 Å². The van der Waals surface area contributed by atoms with Crippen LogP contribution in [0, 0.1) is 0 Å². The number of benzene rings is 1. The van der Waals surface area contributed by atoms with Crippen molar-refractivity contribution in [3.8, 4) is 0 Å². The van der Waals surface area contributed by atoms with E-state index in [0.717, 1.165) is 44.6 Å². The molecule has 21 heavy (non-hydrogen) atoms. The Labute approximate surface area is 131 Å². The van der Waals surface area contributed by atoms with Crippen molar-refractivity contribution in [3.05, 3.63) is 28.2 Å². The molecule has 1 saturated heterocycles. The van der Waals surface area contributed by atoms with Crippen LogP contribution in [0.5, 0.6) is 0 Å². The van der Waals surface area contributed by atoms with Gasteiger partial charge >= 0.3 is 6.18 Å². The molecule has 1 aliphatic rings. The molecule has 1 N–H and O–H groups in total. The predicted octanol–water partition coefficient (Wildman–Crippen LogP) is 4.44. The molecule has 1 unspecified atom stereocenters. The summed E-state index contributed by atoms with van der Waals surface area (Å²) in [6, 6.07) is 4.26. The van der Waals surface area contributed by atoms with E-state index in [4.69, 9.17) is 0 Å². The Balaban J connectivity index is 2.27. The highest BCUT2D eigenvalue weighted by Gasteiger charge is 2.31. The van der Waals surface area contributed by atoms with Crippen LogP contribution >= 0.6 is 15.9 Å². The molecule has 0 spiro atoms. The molecular formula is C15H20BrF3N2. The Bertz CT molecular complexity index is 470. The van der Waals surface area contributed by atoms with Crippen LogP contribution in [0.15, 0.2) is 22.7 Å². The fourth-order valence-corrected chi connectivity index (χ4v) is 3.36. The molecule has 6 heteroatoms. The molecule has 1 aromatic carbocycles. The molecule has 0 aliphatic carbocycles. The van der Waals surface area contributed by atoms with Crippen LogP contribution in [0.25, 0.3) is 0 Å². The third-order valence-electron chi connectivity index (χ3n) is 3.76. The maximum atomic E-state index is 12.8. The van der Waals surface area contributed by atoms with Gasteiger partial charge in [-0.3, -0.25) is 0 Å². The first kappa shape index (κ1) is 16.6. The van der Waals surface area contributed by atoms with E-state index in [0.29, 0.717) is 10.5 Å². The highest BCUT2D eigenvalue weighted by atomic mass is 79.9. The molecule has 0 bridgehead atoms. The normalized spacial score (nSPS) is 19.6. The lowest BCUT2D eigenvalue weighted by Crippen LogP contribution is -2.46. The standard InChI is InChI=1S/C15H20BrF3N2/c1-2-8-21(12-4-3-7-20-10-12)14-6-5-11(9-13(14)16)15(17,18)19/h5-6,9,12,20H,2-4,7-8,10H2,1H3. The lowest BCUT2D eigenvalue weighted by molar-refractivity contribution is -0.137. The lowest BCUT2D eigenvalue weighted by atomic mass is 10.0. The molecule has 118 valence electrons. The number of nitrogens with zero attached hydrogens (tertiary/aromatic N) is 1. The second-order valence-corrected chi connectivity index (χ2v) is 6.21. The number of hydrogen-bond acceptors (Lipinski definition) is 2. The van der Waals surface area contributed by atoms with Gasteiger partial charge in [0.25, 0.3) is 0 Å². The number of rotatable bonds is 4. The molecular weight excluding hydrogens is 345 g/mol. The van der Waals surface area contributed by atoms with Gasteiger partial charge in [0.2, 0.25) is 0 Å². The van der Waals surface area contributed by atoms with Gasteiger partial charge in [-0.2, -0.15) is 13.2 Å². The number of alkyl halides is 3. The van der Waals surface area contributed by atoms with Gasteiger partial charge in [-0.1, -0.05) is 6.92 Å². The molecule has 1 atom stereocenters. The molecule has 0 saturated carbocycles. The minimum absolute atomic E-state index is 0.340. The molecule has 0 aromatic heterocycles. The van der Waals surface area contributed by atoms with Crippen LogP contribution in [0.1, 0.15) is 31.7 Å². The second-order valence-electron chi connectivity index (χ2n) is 5.36. The summed E-state index contributed by atoms with van der Waals surface area (Å²) in [7, 11) is 0. The van der Waals surface area contributed by atoms with E-state index in [1.165, 1.54) is 12.1 Å². The average molecular weight is 365 g/mol. The van der Waals surface area contributed by atoms with Gasteiger partial charge < -0.3 is 10.2 Å². The molecule has 0 amide bonds. The van der Waals surface area contributed by atoms with Crippen molar-refractivity contribution in [2.24, 2.45) is 0 Å². The fraction of sp³-hybridized carbons (Fsp3) is 0.600. The third-order valence-corrected chi connectivity index (χ3v) is 4.40. The van der Waals surface area contributed by atoms with Crippen LogP contribution in [0.3, 0.4) is 0 Å². The van der Waals surface area contributed by atoms with Gasteiger partial charge in [0.05, 0.1) is 11.3 Å². The number of halogens is 4. The number of anilines is 1. The summed E-state index contributed by atoms with van der Waals surface area (Å²) in [5, 5.41) is 3.36. The summed E-state index contributed by atoms with van der Waals surface area (Å²) in [6.45, 7) is 4.83. The van der Waals surface area contributed by atoms with Gasteiger partial charge in [0.1, 0.15) is 0 Å². The van der Waals surface area contributed by atoms with Gasteiger partial charge in [-0.05, 0) is 59.9 Å². The third kappa shape index (κ3) is 4.13. The molecule has 1 heterocycles. The van der Waals surface area contributed by atoms with Crippen molar-refractivity contribution in [1.82, 2.24) is 5.32 Å². The zero-order valence-electron chi connectivity index (χ0n) is 12.0. The highest BCUT2D eigenvalue weighted by Crippen LogP contribution is 2.36. The number of nitrogens with one attached hydrogen (secondary N) is 1. The molecule has 1 fully saturated rings. The van der Waals surface area contributed by atoms with E-state index in [1.807, 2.05) is 0 Å². The molecule has 2 nitrogen and oxygen atoms in total. The highest BCUT2D eigenvalue weighted by molar-refractivity contribution is 9.10. The Morgan fingerprint density at radius 3 is 2.67 bits per heavy atom. The molecule has 0 radical (unpaired) electrons. The van der Waals surface area contributed by atoms with E-state index < -0.39 is 11.7 Å². The summed E-state index contributed by atoms with van der Waals surface area (Å²) in [5.74, 6) is 0. The van der Waals surface area contributed by atoms with E-state index in [2.05, 4.69) is 33.1 Å². The Kier molecular flexibility index (Phi) is 5.54. The van der Waals surface area contributed by atoms with E-state index in [1.54, 1.807) is 6.07 Å². The Hall–Kier alpha value is -0.750. The van der Waals surface area contributed by atoms with Crippen LogP contribution in [-0.4, -0.2) is 25.7 Å². The largest absolute Gasteiger partial charge is 0.416 e. The van der Waals surface area contributed by atoms with Crippen LogP contribution < -0.4 is 10.2 Å². The molecule has 1 aliphatic heterocycles. The van der Waals surface area contributed by atoms with E-state index in [-0.39, 0.29) is 0 Å². The first-order valence-electron chi connectivity index (χ1n) is 7.27. The Morgan fingerprint density at radius 1 is 1.38 bits per heavy atom. The lowest BCUT2D eigenvalue weighted by Gasteiger charge is -2.37. The van der Waals surface area contributed by atoms with Crippen LogP contribution in [0.2, 0.25) is 0 Å².